The standard InChI is InChI=1S/C27H29N3O3S/c1-18-7-12-22-23(17-18)34-27(29-25(31)19-5-3-2-4-6-19)24(22)26(32)28-20-8-10-21(11-9-20)30-13-15-33-16-14-30/h2-6,8-11,18H,7,12-17H2,1H3,(H,28,32)(H,29,31). The van der Waals surface area contributed by atoms with Crippen molar-refractivity contribution in [1.29, 1.82) is 0 Å². The first kappa shape index (κ1) is 22.6. The van der Waals surface area contributed by atoms with Crippen LogP contribution in [0.15, 0.2) is 54.6 Å². The number of morpholine rings is 1. The average molecular weight is 476 g/mol. The zero-order valence-corrected chi connectivity index (χ0v) is 20.1. The Morgan fingerprint density at radius 2 is 1.71 bits per heavy atom. The van der Waals surface area contributed by atoms with E-state index in [1.54, 1.807) is 12.1 Å². The van der Waals surface area contributed by atoms with Crippen LogP contribution in [-0.4, -0.2) is 38.1 Å². The van der Waals surface area contributed by atoms with Crippen LogP contribution in [0.2, 0.25) is 0 Å². The number of benzene rings is 2. The molecule has 2 aliphatic rings. The van der Waals surface area contributed by atoms with Crippen molar-refractivity contribution in [2.75, 3.05) is 41.8 Å². The fourth-order valence-corrected chi connectivity index (χ4v) is 6.02. The summed E-state index contributed by atoms with van der Waals surface area (Å²) in [5, 5.41) is 6.71. The van der Waals surface area contributed by atoms with Gasteiger partial charge in [0.2, 0.25) is 0 Å². The van der Waals surface area contributed by atoms with E-state index < -0.39 is 0 Å². The van der Waals surface area contributed by atoms with Crippen molar-refractivity contribution in [2.45, 2.75) is 26.2 Å². The molecule has 1 saturated heterocycles. The monoisotopic (exact) mass is 475 g/mol. The second-order valence-electron chi connectivity index (χ2n) is 8.98. The van der Waals surface area contributed by atoms with Gasteiger partial charge in [-0.3, -0.25) is 9.59 Å². The quantitative estimate of drug-likeness (QED) is 0.531. The van der Waals surface area contributed by atoms with Crippen LogP contribution >= 0.6 is 11.3 Å². The van der Waals surface area contributed by atoms with Gasteiger partial charge in [0.15, 0.2) is 0 Å². The normalized spacial score (nSPS) is 17.7. The minimum absolute atomic E-state index is 0.172. The third-order valence-corrected chi connectivity index (χ3v) is 7.67. The number of carbonyl (C=O) groups is 2. The van der Waals surface area contributed by atoms with Gasteiger partial charge in [0.05, 0.1) is 18.8 Å². The van der Waals surface area contributed by atoms with E-state index in [-0.39, 0.29) is 11.8 Å². The van der Waals surface area contributed by atoms with Crippen molar-refractivity contribution in [2.24, 2.45) is 5.92 Å². The lowest BCUT2D eigenvalue weighted by Crippen LogP contribution is -2.36. The molecule has 2 N–H and O–H groups in total. The molecule has 6 nitrogen and oxygen atoms in total. The number of hydrogen-bond acceptors (Lipinski definition) is 5. The Morgan fingerprint density at radius 1 is 0.971 bits per heavy atom. The Labute approximate surface area is 203 Å². The summed E-state index contributed by atoms with van der Waals surface area (Å²) in [6.45, 7) is 5.45. The van der Waals surface area contributed by atoms with E-state index in [0.29, 0.717) is 22.0 Å². The molecule has 1 fully saturated rings. The van der Waals surface area contributed by atoms with Crippen molar-refractivity contribution in [1.82, 2.24) is 0 Å². The summed E-state index contributed by atoms with van der Waals surface area (Å²) < 4.78 is 5.43. The van der Waals surface area contributed by atoms with Gasteiger partial charge in [0.1, 0.15) is 5.00 Å². The lowest BCUT2D eigenvalue weighted by atomic mass is 9.88. The van der Waals surface area contributed by atoms with Crippen LogP contribution in [0.3, 0.4) is 0 Å². The number of nitrogens with one attached hydrogen (secondary N) is 2. The number of thiophene rings is 1. The van der Waals surface area contributed by atoms with Gasteiger partial charge >= 0.3 is 0 Å². The molecule has 0 spiro atoms. The first-order valence-corrected chi connectivity index (χ1v) is 12.6. The minimum Gasteiger partial charge on any atom is -0.378 e. The van der Waals surface area contributed by atoms with Gasteiger partial charge in [-0.15, -0.1) is 11.3 Å². The fourth-order valence-electron chi connectivity index (χ4n) is 4.61. The van der Waals surface area contributed by atoms with Crippen LogP contribution in [0.1, 0.15) is 44.5 Å². The molecule has 1 atom stereocenters. The largest absolute Gasteiger partial charge is 0.378 e. The number of amides is 2. The maximum absolute atomic E-state index is 13.5. The van der Waals surface area contributed by atoms with Crippen molar-refractivity contribution >= 4 is 39.5 Å². The molecular formula is C27H29N3O3S. The highest BCUT2D eigenvalue weighted by Gasteiger charge is 2.28. The molecular weight excluding hydrogens is 446 g/mol. The number of fused-ring (bicyclic) bond motifs is 1. The number of carbonyl (C=O) groups excluding carboxylic acids is 2. The maximum Gasteiger partial charge on any atom is 0.258 e. The van der Waals surface area contributed by atoms with Crippen LogP contribution in [0.5, 0.6) is 0 Å². The number of rotatable bonds is 5. The van der Waals surface area contributed by atoms with Gasteiger partial charge < -0.3 is 20.3 Å². The highest BCUT2D eigenvalue weighted by atomic mass is 32.1. The number of ether oxygens (including phenoxy) is 1. The molecule has 2 aromatic carbocycles. The molecule has 1 unspecified atom stereocenters. The highest BCUT2D eigenvalue weighted by Crippen LogP contribution is 2.40. The lowest BCUT2D eigenvalue weighted by Gasteiger charge is -2.28. The minimum atomic E-state index is -0.198. The van der Waals surface area contributed by atoms with Crippen LogP contribution in [0, 0.1) is 5.92 Å². The topological polar surface area (TPSA) is 70.7 Å². The van der Waals surface area contributed by atoms with Crippen LogP contribution in [-0.2, 0) is 17.6 Å². The van der Waals surface area contributed by atoms with Gasteiger partial charge in [-0.2, -0.15) is 0 Å². The number of hydrogen-bond donors (Lipinski definition) is 2. The third-order valence-electron chi connectivity index (χ3n) is 6.50. The van der Waals surface area contributed by atoms with Gasteiger partial charge in [-0.25, -0.2) is 0 Å². The molecule has 2 heterocycles. The summed E-state index contributed by atoms with van der Waals surface area (Å²) >= 11 is 1.54. The summed E-state index contributed by atoms with van der Waals surface area (Å²) in [4.78, 5) is 29.8. The molecule has 7 heteroatoms. The van der Waals surface area contributed by atoms with Crippen LogP contribution in [0.4, 0.5) is 16.4 Å². The average Bonchev–Trinajstić information content (AvgIpc) is 3.22. The molecule has 0 bridgehead atoms. The van der Waals surface area contributed by atoms with Crippen molar-refractivity contribution < 1.29 is 14.3 Å². The first-order chi connectivity index (χ1) is 16.6. The first-order valence-electron chi connectivity index (χ1n) is 11.8. The molecule has 3 aromatic rings. The van der Waals surface area contributed by atoms with E-state index in [2.05, 4.69) is 22.5 Å². The summed E-state index contributed by atoms with van der Waals surface area (Å²) in [5.41, 5.74) is 4.13. The Bertz CT molecular complexity index is 1170. The van der Waals surface area contributed by atoms with E-state index in [1.807, 2.05) is 42.5 Å². The zero-order valence-electron chi connectivity index (χ0n) is 19.3. The predicted molar refractivity (Wildman–Crippen MR) is 137 cm³/mol. The molecule has 0 saturated carbocycles. The van der Waals surface area contributed by atoms with Crippen LogP contribution < -0.4 is 15.5 Å². The molecule has 5 rings (SSSR count). The summed E-state index contributed by atoms with van der Waals surface area (Å²) in [5.74, 6) is 0.207. The van der Waals surface area contributed by atoms with Gasteiger partial charge in [-0.05, 0) is 67.1 Å². The Balaban J connectivity index is 1.38. The maximum atomic E-state index is 13.5. The van der Waals surface area contributed by atoms with Crippen molar-refractivity contribution in [3.8, 4) is 0 Å². The highest BCUT2D eigenvalue weighted by molar-refractivity contribution is 7.17. The molecule has 176 valence electrons. The SMILES string of the molecule is CC1CCc2c(sc(NC(=O)c3ccccc3)c2C(=O)Nc2ccc(N3CCOCC3)cc2)C1. The predicted octanol–water partition coefficient (Wildman–Crippen LogP) is 5.21. The number of anilines is 3. The lowest BCUT2D eigenvalue weighted by molar-refractivity contribution is 0.102. The molecule has 1 aromatic heterocycles. The molecule has 0 radical (unpaired) electrons. The third kappa shape index (κ3) is 4.86. The Morgan fingerprint density at radius 3 is 2.44 bits per heavy atom. The van der Waals surface area contributed by atoms with Crippen LogP contribution in [0.25, 0.3) is 0 Å². The molecule has 1 aliphatic heterocycles. The Kier molecular flexibility index (Phi) is 6.65. The van der Waals surface area contributed by atoms with E-state index >= 15 is 0 Å². The second-order valence-corrected chi connectivity index (χ2v) is 10.1. The van der Waals surface area contributed by atoms with E-state index in [4.69, 9.17) is 4.74 Å². The Hall–Kier alpha value is -3.16. The van der Waals surface area contributed by atoms with Gasteiger partial charge in [0.25, 0.3) is 11.8 Å². The number of nitrogens with zero attached hydrogens (tertiary/aromatic N) is 1. The van der Waals surface area contributed by atoms with Crippen molar-refractivity contribution in [3.05, 3.63) is 76.2 Å². The van der Waals surface area contributed by atoms with Crippen molar-refractivity contribution in [3.63, 3.8) is 0 Å². The van der Waals surface area contributed by atoms with E-state index in [9.17, 15) is 9.59 Å². The van der Waals surface area contributed by atoms with E-state index in [1.165, 1.54) is 16.2 Å². The summed E-state index contributed by atoms with van der Waals surface area (Å²) in [7, 11) is 0. The van der Waals surface area contributed by atoms with E-state index in [0.717, 1.165) is 62.5 Å². The molecule has 2 amide bonds. The van der Waals surface area contributed by atoms with Gasteiger partial charge in [0, 0.05) is 34.9 Å². The molecule has 34 heavy (non-hydrogen) atoms. The summed E-state index contributed by atoms with van der Waals surface area (Å²) in [6, 6.07) is 17.0. The zero-order chi connectivity index (χ0) is 23.5. The molecule has 1 aliphatic carbocycles. The fraction of sp³-hybridized carbons (Fsp3) is 0.333. The smallest absolute Gasteiger partial charge is 0.258 e. The van der Waals surface area contributed by atoms with Gasteiger partial charge in [-0.1, -0.05) is 25.1 Å². The second kappa shape index (κ2) is 9.99. The summed E-state index contributed by atoms with van der Waals surface area (Å²) in [6.07, 6.45) is 2.84.